The molecule has 0 saturated heterocycles. The molecule has 1 heterocycles. The number of halogens is 1. The van der Waals surface area contributed by atoms with Crippen molar-refractivity contribution in [3.8, 4) is 0 Å². The molecule has 9 heteroatoms. The fourth-order valence-corrected chi connectivity index (χ4v) is 3.83. The highest BCUT2D eigenvalue weighted by Crippen LogP contribution is 2.21. The quantitative estimate of drug-likeness (QED) is 0.510. The zero-order valence-corrected chi connectivity index (χ0v) is 18.3. The molecular formula is C21H22ClN5O2S. The highest BCUT2D eigenvalue weighted by Gasteiger charge is 2.16. The van der Waals surface area contributed by atoms with Crippen LogP contribution in [0, 0.1) is 6.92 Å². The van der Waals surface area contributed by atoms with Crippen molar-refractivity contribution in [1.82, 2.24) is 14.8 Å². The second kappa shape index (κ2) is 10.3. The fraction of sp³-hybridized carbons (Fsp3) is 0.238. The van der Waals surface area contributed by atoms with E-state index in [0.29, 0.717) is 28.2 Å². The van der Waals surface area contributed by atoms with Gasteiger partial charge in [-0.25, -0.2) is 0 Å². The number of thioether (sulfide) groups is 1. The largest absolute Gasteiger partial charge is 0.325 e. The molecule has 1 aromatic heterocycles. The summed E-state index contributed by atoms with van der Waals surface area (Å²) in [6.07, 6.45) is 0.0577. The predicted octanol–water partition coefficient (Wildman–Crippen LogP) is 4.17. The van der Waals surface area contributed by atoms with E-state index < -0.39 is 0 Å². The molecule has 0 aliphatic heterocycles. The number of aromatic nitrogens is 3. The Morgan fingerprint density at radius 1 is 1.07 bits per heavy atom. The first-order valence-electron chi connectivity index (χ1n) is 9.42. The van der Waals surface area contributed by atoms with Crippen molar-refractivity contribution >= 4 is 46.6 Å². The molecule has 0 fully saturated rings. The molecule has 0 atom stereocenters. The summed E-state index contributed by atoms with van der Waals surface area (Å²) in [5.41, 5.74) is 2.38. The summed E-state index contributed by atoms with van der Waals surface area (Å²) in [6, 6.07) is 14.7. The summed E-state index contributed by atoms with van der Waals surface area (Å²) in [5, 5.41) is 15.0. The molecule has 0 saturated carbocycles. The van der Waals surface area contributed by atoms with Crippen LogP contribution in [-0.4, -0.2) is 32.3 Å². The minimum absolute atomic E-state index is 0.0577. The molecule has 0 unspecified atom stereocenters. The molecule has 2 amide bonds. The van der Waals surface area contributed by atoms with Crippen molar-refractivity contribution in [2.75, 3.05) is 16.4 Å². The summed E-state index contributed by atoms with van der Waals surface area (Å²) in [5.74, 6) is 0.356. The topological polar surface area (TPSA) is 88.9 Å². The van der Waals surface area contributed by atoms with Crippen molar-refractivity contribution < 1.29 is 9.59 Å². The number of carbonyl (C=O) groups excluding carboxylic acids is 2. The Bertz CT molecular complexity index is 1050. The third-order valence-electron chi connectivity index (χ3n) is 4.21. The zero-order valence-electron chi connectivity index (χ0n) is 16.7. The number of rotatable bonds is 8. The number of hydrogen-bond donors (Lipinski definition) is 2. The van der Waals surface area contributed by atoms with E-state index in [1.54, 1.807) is 24.3 Å². The molecule has 3 aromatic rings. The maximum Gasteiger partial charge on any atom is 0.234 e. The van der Waals surface area contributed by atoms with Gasteiger partial charge in [-0.2, -0.15) is 0 Å². The lowest BCUT2D eigenvalue weighted by Gasteiger charge is -2.09. The van der Waals surface area contributed by atoms with E-state index >= 15 is 0 Å². The summed E-state index contributed by atoms with van der Waals surface area (Å²) < 4.78 is 1.83. The molecular weight excluding hydrogens is 422 g/mol. The lowest BCUT2D eigenvalue weighted by atomic mass is 10.2. The van der Waals surface area contributed by atoms with Crippen LogP contribution in [0.1, 0.15) is 18.3 Å². The van der Waals surface area contributed by atoms with Gasteiger partial charge in [0.1, 0.15) is 5.82 Å². The van der Waals surface area contributed by atoms with Gasteiger partial charge >= 0.3 is 0 Å². The Morgan fingerprint density at radius 3 is 2.60 bits per heavy atom. The maximum atomic E-state index is 12.4. The minimum Gasteiger partial charge on any atom is -0.325 e. The number of aryl methyl sites for hydroxylation is 1. The van der Waals surface area contributed by atoms with Gasteiger partial charge in [-0.3, -0.25) is 9.59 Å². The van der Waals surface area contributed by atoms with Gasteiger partial charge in [0.05, 0.1) is 22.9 Å². The van der Waals surface area contributed by atoms with Crippen LogP contribution in [0.15, 0.2) is 53.7 Å². The van der Waals surface area contributed by atoms with Crippen LogP contribution in [0.2, 0.25) is 5.02 Å². The Labute approximate surface area is 184 Å². The lowest BCUT2D eigenvalue weighted by Crippen LogP contribution is -2.18. The Hall–Kier alpha value is -2.84. The molecule has 2 aromatic carbocycles. The van der Waals surface area contributed by atoms with Crippen molar-refractivity contribution in [2.45, 2.75) is 32.0 Å². The summed E-state index contributed by atoms with van der Waals surface area (Å²) in [4.78, 5) is 24.6. The van der Waals surface area contributed by atoms with E-state index in [1.165, 1.54) is 11.8 Å². The molecule has 156 valence electrons. The second-order valence-electron chi connectivity index (χ2n) is 6.55. The number of carbonyl (C=O) groups is 2. The highest BCUT2D eigenvalue weighted by atomic mass is 35.5. The van der Waals surface area contributed by atoms with Gasteiger partial charge in [0, 0.05) is 12.2 Å². The second-order valence-corrected chi connectivity index (χ2v) is 7.90. The first kappa shape index (κ1) is 21.9. The zero-order chi connectivity index (χ0) is 21.5. The number of amides is 2. The summed E-state index contributed by atoms with van der Waals surface area (Å²) >= 11 is 7.36. The van der Waals surface area contributed by atoms with Gasteiger partial charge in [0.2, 0.25) is 11.8 Å². The molecule has 2 N–H and O–H groups in total. The monoisotopic (exact) mass is 443 g/mol. The van der Waals surface area contributed by atoms with Gasteiger partial charge in [-0.15, -0.1) is 10.2 Å². The average molecular weight is 444 g/mol. The van der Waals surface area contributed by atoms with Crippen LogP contribution >= 0.6 is 23.4 Å². The molecule has 0 spiro atoms. The molecule has 7 nitrogen and oxygen atoms in total. The van der Waals surface area contributed by atoms with E-state index in [0.717, 1.165) is 11.3 Å². The first-order chi connectivity index (χ1) is 14.5. The fourth-order valence-electron chi connectivity index (χ4n) is 2.82. The number of para-hydroxylation sites is 1. The van der Waals surface area contributed by atoms with Crippen LogP contribution < -0.4 is 10.6 Å². The van der Waals surface area contributed by atoms with Crippen LogP contribution in [0.25, 0.3) is 0 Å². The van der Waals surface area contributed by atoms with E-state index in [4.69, 9.17) is 11.6 Å². The number of hydrogen-bond acceptors (Lipinski definition) is 5. The number of nitrogens with zero attached hydrogens (tertiary/aromatic N) is 3. The Balaban J connectivity index is 1.59. The van der Waals surface area contributed by atoms with Crippen molar-refractivity contribution in [3.63, 3.8) is 0 Å². The SMILES string of the molecule is CCn1c(CC(=O)Nc2ccccc2Cl)nnc1SCC(=O)Nc1cccc(C)c1. The first-order valence-corrected chi connectivity index (χ1v) is 10.8. The predicted molar refractivity (Wildman–Crippen MR) is 120 cm³/mol. The van der Waals surface area contributed by atoms with Crippen molar-refractivity contribution in [2.24, 2.45) is 0 Å². The van der Waals surface area contributed by atoms with Gasteiger partial charge < -0.3 is 15.2 Å². The molecule has 3 rings (SSSR count). The molecule has 0 aliphatic rings. The highest BCUT2D eigenvalue weighted by molar-refractivity contribution is 7.99. The van der Waals surface area contributed by atoms with Crippen molar-refractivity contribution in [3.05, 3.63) is 64.9 Å². The standard InChI is InChI=1S/C21H22ClN5O2S/c1-3-27-18(12-19(28)24-17-10-5-4-9-16(17)22)25-26-21(27)30-13-20(29)23-15-8-6-7-14(2)11-15/h4-11H,3,12-13H2,1-2H3,(H,23,29)(H,24,28). The van der Waals surface area contributed by atoms with Crippen LogP contribution in [0.4, 0.5) is 11.4 Å². The number of benzene rings is 2. The Kier molecular flexibility index (Phi) is 7.48. The summed E-state index contributed by atoms with van der Waals surface area (Å²) in [7, 11) is 0. The minimum atomic E-state index is -0.237. The van der Waals surface area contributed by atoms with E-state index in [2.05, 4.69) is 20.8 Å². The maximum absolute atomic E-state index is 12.4. The summed E-state index contributed by atoms with van der Waals surface area (Å²) in [6.45, 7) is 4.50. The van der Waals surface area contributed by atoms with Crippen LogP contribution in [-0.2, 0) is 22.6 Å². The smallest absolute Gasteiger partial charge is 0.234 e. The lowest BCUT2D eigenvalue weighted by molar-refractivity contribution is -0.116. The molecule has 0 bridgehead atoms. The number of nitrogens with one attached hydrogen (secondary N) is 2. The van der Waals surface area contributed by atoms with Gasteiger partial charge in [-0.1, -0.05) is 47.6 Å². The molecule has 0 aliphatic carbocycles. The normalized spacial score (nSPS) is 10.6. The van der Waals surface area contributed by atoms with Gasteiger partial charge in [0.15, 0.2) is 5.16 Å². The number of anilines is 2. The van der Waals surface area contributed by atoms with Gasteiger partial charge in [-0.05, 0) is 43.7 Å². The van der Waals surface area contributed by atoms with Crippen LogP contribution in [0.5, 0.6) is 0 Å². The van der Waals surface area contributed by atoms with E-state index in [-0.39, 0.29) is 24.0 Å². The third kappa shape index (κ3) is 5.84. The molecule has 30 heavy (non-hydrogen) atoms. The Morgan fingerprint density at radius 2 is 1.87 bits per heavy atom. The average Bonchev–Trinajstić information content (AvgIpc) is 3.09. The molecule has 0 radical (unpaired) electrons. The van der Waals surface area contributed by atoms with Gasteiger partial charge in [0.25, 0.3) is 0 Å². The van der Waals surface area contributed by atoms with E-state index in [9.17, 15) is 9.59 Å². The van der Waals surface area contributed by atoms with Crippen molar-refractivity contribution in [1.29, 1.82) is 0 Å². The van der Waals surface area contributed by atoms with E-state index in [1.807, 2.05) is 42.7 Å². The third-order valence-corrected chi connectivity index (χ3v) is 5.51. The van der Waals surface area contributed by atoms with Crippen LogP contribution in [0.3, 0.4) is 0 Å².